The molecule has 2 aromatic rings. The Kier molecular flexibility index (Phi) is 5.69. The van der Waals surface area contributed by atoms with Gasteiger partial charge >= 0.3 is 0 Å². The second kappa shape index (κ2) is 7.53. The number of hydrogen-bond donors (Lipinski definition) is 2. The molecule has 0 bridgehead atoms. The zero-order chi connectivity index (χ0) is 17.0. The van der Waals surface area contributed by atoms with Crippen molar-refractivity contribution < 1.29 is 18.9 Å². The van der Waals surface area contributed by atoms with Gasteiger partial charge in [0.2, 0.25) is 0 Å². The first kappa shape index (κ1) is 17.4. The number of nitrogens with two attached hydrogens (primary N) is 1. The summed E-state index contributed by atoms with van der Waals surface area (Å²) in [7, 11) is 0. The first-order valence-corrected chi connectivity index (χ1v) is 7.61. The SMILES string of the molecule is C[C@@H]([NH2+][C@H](C)c1ccc(F)c(F)c1)C(=O)Nc1cccc(Cl)c1. The molecule has 0 spiro atoms. The average molecular weight is 340 g/mol. The lowest BCUT2D eigenvalue weighted by Crippen LogP contribution is -2.91. The predicted molar refractivity (Wildman–Crippen MR) is 86.2 cm³/mol. The molecule has 3 N–H and O–H groups in total. The largest absolute Gasteiger partial charge is 0.330 e. The van der Waals surface area contributed by atoms with E-state index in [4.69, 9.17) is 11.6 Å². The second-order valence-corrected chi connectivity index (χ2v) is 5.88. The number of carbonyl (C=O) groups excluding carboxylic acids is 1. The van der Waals surface area contributed by atoms with Crippen molar-refractivity contribution >= 4 is 23.2 Å². The lowest BCUT2D eigenvalue weighted by molar-refractivity contribution is -0.709. The van der Waals surface area contributed by atoms with E-state index in [2.05, 4.69) is 5.32 Å². The average Bonchev–Trinajstić information content (AvgIpc) is 2.49. The monoisotopic (exact) mass is 339 g/mol. The van der Waals surface area contributed by atoms with E-state index in [1.54, 1.807) is 36.5 Å². The van der Waals surface area contributed by atoms with Crippen LogP contribution in [-0.2, 0) is 4.79 Å². The van der Waals surface area contributed by atoms with Crippen LogP contribution in [0, 0.1) is 11.6 Å². The summed E-state index contributed by atoms with van der Waals surface area (Å²) in [5, 5.41) is 5.09. The van der Waals surface area contributed by atoms with Gasteiger partial charge in [-0.3, -0.25) is 4.79 Å². The van der Waals surface area contributed by atoms with Gasteiger partial charge in [0.05, 0.1) is 0 Å². The van der Waals surface area contributed by atoms with Crippen LogP contribution in [-0.4, -0.2) is 11.9 Å². The highest BCUT2D eigenvalue weighted by atomic mass is 35.5. The maximum absolute atomic E-state index is 13.3. The van der Waals surface area contributed by atoms with E-state index in [0.29, 0.717) is 16.3 Å². The molecule has 122 valence electrons. The topological polar surface area (TPSA) is 45.7 Å². The minimum absolute atomic E-state index is 0.190. The van der Waals surface area contributed by atoms with Crippen LogP contribution in [0.5, 0.6) is 0 Å². The third kappa shape index (κ3) is 4.74. The van der Waals surface area contributed by atoms with Gasteiger partial charge < -0.3 is 10.6 Å². The molecule has 6 heteroatoms. The number of hydrogen-bond acceptors (Lipinski definition) is 1. The third-order valence-corrected chi connectivity index (χ3v) is 3.79. The molecule has 23 heavy (non-hydrogen) atoms. The standard InChI is InChI=1S/C17H17ClF2N2O/c1-10(12-6-7-15(19)16(20)8-12)21-11(2)17(23)22-14-5-3-4-13(18)9-14/h3-11,21H,1-2H3,(H,22,23)/p+1/t10-,11-/m1/s1. The van der Waals surface area contributed by atoms with Crippen molar-refractivity contribution in [3.63, 3.8) is 0 Å². The molecule has 0 fully saturated rings. The lowest BCUT2D eigenvalue weighted by Gasteiger charge is -2.17. The smallest absolute Gasteiger partial charge is 0.282 e. The van der Waals surface area contributed by atoms with Crippen LogP contribution in [0.15, 0.2) is 42.5 Å². The number of nitrogens with one attached hydrogen (secondary N) is 1. The van der Waals surface area contributed by atoms with Crippen LogP contribution >= 0.6 is 11.6 Å². The highest BCUT2D eigenvalue weighted by molar-refractivity contribution is 6.30. The van der Waals surface area contributed by atoms with Gasteiger partial charge in [-0.2, -0.15) is 0 Å². The van der Waals surface area contributed by atoms with E-state index in [9.17, 15) is 13.6 Å². The van der Waals surface area contributed by atoms with Gasteiger partial charge in [0.1, 0.15) is 6.04 Å². The predicted octanol–water partition coefficient (Wildman–Crippen LogP) is 3.27. The molecule has 0 heterocycles. The van der Waals surface area contributed by atoms with Gasteiger partial charge in [-0.15, -0.1) is 0 Å². The van der Waals surface area contributed by atoms with Crippen LogP contribution < -0.4 is 10.6 Å². The zero-order valence-corrected chi connectivity index (χ0v) is 13.6. The summed E-state index contributed by atoms with van der Waals surface area (Å²) in [6, 6.07) is 10.0. The molecule has 0 aromatic heterocycles. The van der Waals surface area contributed by atoms with E-state index in [0.717, 1.165) is 12.1 Å². The summed E-state index contributed by atoms with van der Waals surface area (Å²) in [5.74, 6) is -1.96. The normalized spacial score (nSPS) is 13.4. The van der Waals surface area contributed by atoms with Crippen LogP contribution in [0.1, 0.15) is 25.5 Å². The molecule has 0 aliphatic heterocycles. The van der Waals surface area contributed by atoms with Gasteiger partial charge in [0.25, 0.3) is 5.91 Å². The van der Waals surface area contributed by atoms with Gasteiger partial charge in [0, 0.05) is 16.3 Å². The molecule has 0 radical (unpaired) electrons. The van der Waals surface area contributed by atoms with Crippen molar-refractivity contribution in [2.24, 2.45) is 0 Å². The molecule has 0 saturated heterocycles. The Hall–Kier alpha value is -1.98. The number of carbonyl (C=O) groups is 1. The molecule has 1 amide bonds. The molecular weight excluding hydrogens is 322 g/mol. The van der Waals surface area contributed by atoms with Crippen LogP contribution in [0.2, 0.25) is 5.02 Å². The van der Waals surface area contributed by atoms with Crippen molar-refractivity contribution in [1.82, 2.24) is 0 Å². The van der Waals surface area contributed by atoms with Gasteiger partial charge in [-0.1, -0.05) is 17.7 Å². The quantitative estimate of drug-likeness (QED) is 0.863. The van der Waals surface area contributed by atoms with Crippen molar-refractivity contribution in [3.8, 4) is 0 Å². The Labute approximate surface area is 138 Å². The Balaban J connectivity index is 1.98. The minimum atomic E-state index is -0.890. The second-order valence-electron chi connectivity index (χ2n) is 5.44. The van der Waals surface area contributed by atoms with E-state index in [1.807, 2.05) is 6.92 Å². The number of anilines is 1. The van der Waals surface area contributed by atoms with Gasteiger partial charge in [0.15, 0.2) is 17.7 Å². The molecule has 2 atom stereocenters. The van der Waals surface area contributed by atoms with Crippen LogP contribution in [0.4, 0.5) is 14.5 Å². The summed E-state index contributed by atoms with van der Waals surface area (Å²) in [5.41, 5.74) is 1.23. The molecule has 2 rings (SSSR count). The van der Waals surface area contributed by atoms with Gasteiger partial charge in [-0.05, 0) is 50.2 Å². The Morgan fingerprint density at radius 3 is 2.52 bits per heavy atom. The fourth-order valence-electron chi connectivity index (χ4n) is 2.25. The Bertz CT molecular complexity index is 709. The Morgan fingerprint density at radius 1 is 1.13 bits per heavy atom. The lowest BCUT2D eigenvalue weighted by atomic mass is 10.1. The van der Waals surface area contributed by atoms with Gasteiger partial charge in [-0.25, -0.2) is 8.78 Å². The van der Waals surface area contributed by atoms with E-state index < -0.39 is 17.7 Å². The molecule has 0 unspecified atom stereocenters. The highest BCUT2D eigenvalue weighted by Crippen LogP contribution is 2.15. The first-order valence-electron chi connectivity index (χ1n) is 7.23. The molecule has 0 aliphatic rings. The van der Waals surface area contributed by atoms with Crippen LogP contribution in [0.25, 0.3) is 0 Å². The van der Waals surface area contributed by atoms with E-state index in [1.165, 1.54) is 6.07 Å². The minimum Gasteiger partial charge on any atom is -0.330 e. The number of amides is 1. The summed E-state index contributed by atoms with van der Waals surface area (Å²) in [6.45, 7) is 3.58. The molecule has 2 aromatic carbocycles. The fraction of sp³-hybridized carbons (Fsp3) is 0.235. The summed E-state index contributed by atoms with van der Waals surface area (Å²) in [6.07, 6.45) is 0. The van der Waals surface area contributed by atoms with Crippen molar-refractivity contribution in [1.29, 1.82) is 0 Å². The number of quaternary nitrogens is 1. The van der Waals surface area contributed by atoms with E-state index in [-0.39, 0.29) is 11.9 Å². The fourth-order valence-corrected chi connectivity index (χ4v) is 2.44. The third-order valence-electron chi connectivity index (χ3n) is 3.55. The number of halogens is 3. The maximum atomic E-state index is 13.3. The van der Waals surface area contributed by atoms with Crippen LogP contribution in [0.3, 0.4) is 0 Å². The first-order chi connectivity index (χ1) is 10.9. The summed E-state index contributed by atoms with van der Waals surface area (Å²) >= 11 is 5.87. The highest BCUT2D eigenvalue weighted by Gasteiger charge is 2.21. The molecular formula is C17H18ClF2N2O+. The van der Waals surface area contributed by atoms with Crippen molar-refractivity contribution in [3.05, 3.63) is 64.7 Å². The molecule has 0 saturated carbocycles. The Morgan fingerprint density at radius 2 is 1.87 bits per heavy atom. The van der Waals surface area contributed by atoms with Crippen molar-refractivity contribution in [2.75, 3.05) is 5.32 Å². The number of rotatable bonds is 5. The van der Waals surface area contributed by atoms with E-state index >= 15 is 0 Å². The summed E-state index contributed by atoms with van der Waals surface area (Å²) in [4.78, 5) is 12.2. The summed E-state index contributed by atoms with van der Waals surface area (Å²) < 4.78 is 26.2. The maximum Gasteiger partial charge on any atom is 0.282 e. The number of benzene rings is 2. The molecule has 3 nitrogen and oxygen atoms in total. The molecule has 0 aliphatic carbocycles. The van der Waals surface area contributed by atoms with Crippen molar-refractivity contribution in [2.45, 2.75) is 25.9 Å². The zero-order valence-electron chi connectivity index (χ0n) is 12.8.